The molecule has 1 aliphatic rings. The van der Waals surface area contributed by atoms with Crippen molar-refractivity contribution < 1.29 is 9.53 Å². The summed E-state index contributed by atoms with van der Waals surface area (Å²) in [4.78, 5) is 11.7. The molecule has 0 amide bonds. The number of nitrogens with zero attached hydrogens (tertiary/aromatic N) is 1. The Balaban J connectivity index is 1.79. The molecule has 1 saturated carbocycles. The zero-order valence-corrected chi connectivity index (χ0v) is 13.7. The minimum absolute atomic E-state index is 0.00882. The monoisotopic (exact) mass is 292 g/mol. The van der Waals surface area contributed by atoms with Gasteiger partial charge < -0.3 is 14.6 Å². The zero-order chi connectivity index (χ0) is 15.4. The van der Waals surface area contributed by atoms with Crippen molar-refractivity contribution in [3.05, 3.63) is 23.0 Å². The van der Waals surface area contributed by atoms with E-state index in [2.05, 4.69) is 36.8 Å². The van der Waals surface area contributed by atoms with E-state index in [1.165, 1.54) is 17.0 Å². The number of carbonyl (C=O) groups is 1. The highest BCUT2D eigenvalue weighted by atomic mass is 16.5. The van der Waals surface area contributed by atoms with E-state index in [9.17, 15) is 4.79 Å². The predicted molar refractivity (Wildman–Crippen MR) is 84.1 cm³/mol. The number of esters is 1. The van der Waals surface area contributed by atoms with Gasteiger partial charge in [0.2, 0.25) is 0 Å². The Morgan fingerprint density at radius 1 is 1.33 bits per heavy atom. The molecule has 0 unspecified atom stereocenters. The van der Waals surface area contributed by atoms with Crippen molar-refractivity contribution in [2.45, 2.75) is 59.0 Å². The molecular weight excluding hydrogens is 264 g/mol. The van der Waals surface area contributed by atoms with Crippen molar-refractivity contribution in [2.24, 2.45) is 13.0 Å². The molecule has 0 spiro atoms. The number of ether oxygens (including phenoxy) is 1. The van der Waals surface area contributed by atoms with Crippen LogP contribution in [0.1, 0.15) is 49.6 Å². The van der Waals surface area contributed by atoms with Crippen LogP contribution in [0, 0.1) is 19.8 Å². The summed E-state index contributed by atoms with van der Waals surface area (Å²) in [6.45, 7) is 7.59. The van der Waals surface area contributed by atoms with Crippen molar-refractivity contribution in [1.82, 2.24) is 9.88 Å². The fourth-order valence-electron chi connectivity index (χ4n) is 3.16. The molecule has 1 heterocycles. The maximum atomic E-state index is 11.7. The van der Waals surface area contributed by atoms with Gasteiger partial charge in [0, 0.05) is 31.0 Å². The first kappa shape index (κ1) is 16.1. The van der Waals surface area contributed by atoms with Gasteiger partial charge in [0.15, 0.2) is 0 Å². The normalized spacial score (nSPS) is 22.3. The van der Waals surface area contributed by atoms with Gasteiger partial charge >= 0.3 is 5.97 Å². The minimum Gasteiger partial charge on any atom is -0.466 e. The van der Waals surface area contributed by atoms with Gasteiger partial charge in [-0.25, -0.2) is 0 Å². The molecule has 2 rings (SSSR count). The quantitative estimate of drug-likeness (QED) is 0.849. The van der Waals surface area contributed by atoms with E-state index >= 15 is 0 Å². The first-order valence-corrected chi connectivity index (χ1v) is 8.04. The molecule has 1 N–H and O–H groups in total. The third-order valence-corrected chi connectivity index (χ3v) is 4.81. The Bertz CT molecular complexity index is 485. The fraction of sp³-hybridized carbons (Fsp3) is 0.706. The summed E-state index contributed by atoms with van der Waals surface area (Å²) in [5, 5.41) is 3.65. The van der Waals surface area contributed by atoms with E-state index in [1.54, 1.807) is 0 Å². The molecular formula is C17H28N2O2. The lowest BCUT2D eigenvalue weighted by atomic mass is 9.86. The Hall–Kier alpha value is -1.29. The highest BCUT2D eigenvalue weighted by Gasteiger charge is 2.27. The van der Waals surface area contributed by atoms with E-state index in [4.69, 9.17) is 4.74 Å². The van der Waals surface area contributed by atoms with E-state index in [-0.39, 0.29) is 11.9 Å². The smallest absolute Gasteiger partial charge is 0.308 e. The maximum absolute atomic E-state index is 11.7. The number of rotatable bonds is 5. The first-order valence-electron chi connectivity index (χ1n) is 8.04. The van der Waals surface area contributed by atoms with Gasteiger partial charge in [-0.3, -0.25) is 4.79 Å². The summed E-state index contributed by atoms with van der Waals surface area (Å²) in [6, 6.07) is 2.78. The second-order valence-electron chi connectivity index (χ2n) is 6.14. The van der Waals surface area contributed by atoms with Crippen LogP contribution >= 0.6 is 0 Å². The molecule has 0 aliphatic heterocycles. The molecule has 4 heteroatoms. The second-order valence-corrected chi connectivity index (χ2v) is 6.14. The second kappa shape index (κ2) is 7.12. The van der Waals surface area contributed by atoms with E-state index in [0.29, 0.717) is 12.6 Å². The lowest BCUT2D eigenvalue weighted by Crippen LogP contribution is -2.35. The molecule has 0 atom stereocenters. The average Bonchev–Trinajstić information content (AvgIpc) is 2.73. The van der Waals surface area contributed by atoms with E-state index in [1.807, 2.05) is 6.92 Å². The average molecular weight is 292 g/mol. The molecule has 1 aromatic heterocycles. The van der Waals surface area contributed by atoms with Crippen LogP contribution in [0.15, 0.2) is 6.07 Å². The summed E-state index contributed by atoms with van der Waals surface area (Å²) < 4.78 is 7.35. The molecule has 0 aromatic carbocycles. The number of hydrogen-bond acceptors (Lipinski definition) is 3. The Morgan fingerprint density at radius 2 is 2.00 bits per heavy atom. The lowest BCUT2D eigenvalue weighted by Gasteiger charge is -2.28. The van der Waals surface area contributed by atoms with Crippen molar-refractivity contribution in [2.75, 3.05) is 6.61 Å². The fourth-order valence-corrected chi connectivity index (χ4v) is 3.16. The van der Waals surface area contributed by atoms with Gasteiger partial charge in [-0.15, -0.1) is 0 Å². The highest BCUT2D eigenvalue weighted by Crippen LogP contribution is 2.26. The lowest BCUT2D eigenvalue weighted by molar-refractivity contribution is -0.149. The van der Waals surface area contributed by atoms with Gasteiger partial charge in [-0.2, -0.15) is 0 Å². The third-order valence-electron chi connectivity index (χ3n) is 4.81. The van der Waals surface area contributed by atoms with Crippen LogP contribution in [0.5, 0.6) is 0 Å². The molecule has 4 nitrogen and oxygen atoms in total. The van der Waals surface area contributed by atoms with Gasteiger partial charge in [-0.1, -0.05) is 0 Å². The Kier molecular flexibility index (Phi) is 5.45. The maximum Gasteiger partial charge on any atom is 0.308 e. The summed E-state index contributed by atoms with van der Waals surface area (Å²) >= 11 is 0. The van der Waals surface area contributed by atoms with Crippen LogP contribution in [-0.4, -0.2) is 23.2 Å². The van der Waals surface area contributed by atoms with Crippen molar-refractivity contribution in [3.8, 4) is 0 Å². The van der Waals surface area contributed by atoms with Crippen molar-refractivity contribution in [3.63, 3.8) is 0 Å². The van der Waals surface area contributed by atoms with E-state index in [0.717, 1.165) is 32.2 Å². The minimum atomic E-state index is -0.00882. The van der Waals surface area contributed by atoms with Gasteiger partial charge in [0.25, 0.3) is 0 Å². The van der Waals surface area contributed by atoms with Crippen LogP contribution in [0.2, 0.25) is 0 Å². The zero-order valence-electron chi connectivity index (χ0n) is 13.7. The number of carbonyl (C=O) groups excluding carboxylic acids is 1. The largest absolute Gasteiger partial charge is 0.466 e. The number of hydrogen-bond donors (Lipinski definition) is 1. The van der Waals surface area contributed by atoms with E-state index < -0.39 is 0 Å². The Morgan fingerprint density at radius 3 is 2.52 bits per heavy atom. The van der Waals surface area contributed by atoms with Crippen LogP contribution in [-0.2, 0) is 23.1 Å². The SMILES string of the molecule is CCOC(=O)C1CCC(NCc2cc(C)n(C)c2C)CC1. The summed E-state index contributed by atoms with van der Waals surface area (Å²) in [5.41, 5.74) is 4.01. The molecule has 0 radical (unpaired) electrons. The molecule has 1 aromatic rings. The molecule has 0 saturated heterocycles. The first-order chi connectivity index (χ1) is 10.0. The molecule has 1 fully saturated rings. The predicted octanol–water partition coefficient (Wildman–Crippen LogP) is 2.85. The van der Waals surface area contributed by atoms with Gasteiger partial charge in [0.05, 0.1) is 12.5 Å². The van der Waals surface area contributed by atoms with Gasteiger partial charge in [0.1, 0.15) is 0 Å². The number of nitrogens with one attached hydrogen (secondary N) is 1. The molecule has 118 valence electrons. The van der Waals surface area contributed by atoms with Crippen LogP contribution < -0.4 is 5.32 Å². The number of aryl methyl sites for hydroxylation is 1. The molecule has 1 aliphatic carbocycles. The topological polar surface area (TPSA) is 43.3 Å². The Labute approximate surface area is 127 Å². The van der Waals surface area contributed by atoms with Crippen molar-refractivity contribution in [1.29, 1.82) is 0 Å². The summed E-state index contributed by atoms with van der Waals surface area (Å²) in [5.74, 6) is 0.106. The van der Waals surface area contributed by atoms with Crippen LogP contribution in [0.25, 0.3) is 0 Å². The van der Waals surface area contributed by atoms with Gasteiger partial charge in [-0.05, 0) is 58.1 Å². The number of aromatic nitrogens is 1. The van der Waals surface area contributed by atoms with Crippen LogP contribution in [0.3, 0.4) is 0 Å². The highest BCUT2D eigenvalue weighted by molar-refractivity contribution is 5.72. The van der Waals surface area contributed by atoms with Crippen LogP contribution in [0.4, 0.5) is 0 Å². The molecule has 21 heavy (non-hydrogen) atoms. The molecule has 0 bridgehead atoms. The summed E-state index contributed by atoms with van der Waals surface area (Å²) in [6.07, 6.45) is 4.02. The third kappa shape index (κ3) is 3.88. The van der Waals surface area contributed by atoms with Crippen molar-refractivity contribution >= 4 is 5.97 Å². The summed E-state index contributed by atoms with van der Waals surface area (Å²) in [7, 11) is 2.11. The standard InChI is InChI=1S/C17H28N2O2/c1-5-21-17(20)14-6-8-16(9-7-14)18-11-15-10-12(2)19(4)13(15)3/h10,14,16,18H,5-9,11H2,1-4H3.